The smallest absolute Gasteiger partial charge is 0.159 e. The van der Waals surface area contributed by atoms with Gasteiger partial charge in [0.25, 0.3) is 0 Å². The van der Waals surface area contributed by atoms with Gasteiger partial charge in [0.1, 0.15) is 5.58 Å². The summed E-state index contributed by atoms with van der Waals surface area (Å²) in [6, 6.07) is 66.4. The number of furan rings is 1. The molecule has 0 saturated carbocycles. The highest BCUT2D eigenvalue weighted by Gasteiger charge is 2.42. The van der Waals surface area contributed by atoms with Crippen LogP contribution in [0, 0.1) is 0 Å². The molecule has 2 aliphatic carbocycles. The molecular formula is C53H39NO. The molecule has 0 fully saturated rings. The first kappa shape index (κ1) is 31.8. The molecule has 1 heterocycles. The van der Waals surface area contributed by atoms with Crippen LogP contribution in [0.4, 0.5) is 17.1 Å². The number of nitrogens with zero attached hydrogens (tertiary/aromatic N) is 1. The second kappa shape index (κ2) is 11.7. The van der Waals surface area contributed by atoms with Gasteiger partial charge >= 0.3 is 0 Å². The van der Waals surface area contributed by atoms with Crippen LogP contribution in [-0.2, 0) is 10.8 Å². The van der Waals surface area contributed by atoms with Crippen molar-refractivity contribution in [2.24, 2.45) is 0 Å². The van der Waals surface area contributed by atoms with E-state index >= 15 is 0 Å². The van der Waals surface area contributed by atoms with E-state index in [1.165, 1.54) is 61.2 Å². The lowest BCUT2D eigenvalue weighted by atomic mass is 9.72. The summed E-state index contributed by atoms with van der Waals surface area (Å²) in [5, 5.41) is 2.28. The molecule has 9 aromatic rings. The number of para-hydroxylation sites is 2. The minimum Gasteiger partial charge on any atom is -0.454 e. The van der Waals surface area contributed by atoms with Crippen molar-refractivity contribution in [3.63, 3.8) is 0 Å². The fraction of sp³-hybridized carbons (Fsp3) is 0.0943. The van der Waals surface area contributed by atoms with E-state index in [-0.39, 0.29) is 10.8 Å². The lowest BCUT2D eigenvalue weighted by Crippen LogP contribution is -2.23. The Kier molecular flexibility index (Phi) is 6.76. The Bertz CT molecular complexity index is 2920. The third kappa shape index (κ3) is 4.49. The first-order chi connectivity index (χ1) is 26.9. The number of hydrogen-bond acceptors (Lipinski definition) is 2. The summed E-state index contributed by atoms with van der Waals surface area (Å²) in [6.45, 7) is 7.08. The molecule has 0 unspecified atom stereocenters. The average Bonchev–Trinajstić information content (AvgIpc) is 3.83. The van der Waals surface area contributed by atoms with E-state index < -0.39 is 0 Å². The van der Waals surface area contributed by atoms with E-state index in [9.17, 15) is 0 Å². The average molecular weight is 706 g/mol. The van der Waals surface area contributed by atoms with Crippen molar-refractivity contribution in [2.45, 2.75) is 31.6 Å². The van der Waals surface area contributed by atoms with Crippen LogP contribution < -0.4 is 4.90 Å². The van der Waals surface area contributed by atoms with Crippen molar-refractivity contribution < 1.29 is 4.42 Å². The zero-order valence-electron chi connectivity index (χ0n) is 31.2. The summed E-state index contributed by atoms with van der Waals surface area (Å²) in [6.07, 6.45) is 0. The van der Waals surface area contributed by atoms with Gasteiger partial charge < -0.3 is 9.32 Å². The molecule has 2 heteroatoms. The Balaban J connectivity index is 1.08. The van der Waals surface area contributed by atoms with Crippen LogP contribution in [0.25, 0.3) is 55.3 Å². The number of hydrogen-bond donors (Lipinski definition) is 0. The molecule has 2 nitrogen and oxygen atoms in total. The monoisotopic (exact) mass is 705 g/mol. The maximum atomic E-state index is 6.97. The number of rotatable bonds is 5. The van der Waals surface area contributed by atoms with Crippen molar-refractivity contribution in [2.75, 3.05) is 4.90 Å². The van der Waals surface area contributed by atoms with Gasteiger partial charge in [-0.25, -0.2) is 0 Å². The molecule has 0 aliphatic heterocycles. The van der Waals surface area contributed by atoms with Crippen molar-refractivity contribution in [3.05, 3.63) is 210 Å². The Morgan fingerprint density at radius 3 is 1.67 bits per heavy atom. The zero-order chi connectivity index (χ0) is 36.9. The van der Waals surface area contributed by atoms with E-state index in [1.54, 1.807) is 0 Å². The number of benzene rings is 8. The minimum absolute atomic E-state index is 0.0458. The largest absolute Gasteiger partial charge is 0.454 e. The molecule has 0 saturated heterocycles. The second-order valence-electron chi connectivity index (χ2n) is 15.8. The van der Waals surface area contributed by atoms with E-state index in [0.29, 0.717) is 0 Å². The summed E-state index contributed by atoms with van der Waals surface area (Å²) >= 11 is 0. The van der Waals surface area contributed by atoms with E-state index in [4.69, 9.17) is 4.42 Å². The number of anilines is 3. The van der Waals surface area contributed by atoms with Gasteiger partial charge in [0, 0.05) is 33.0 Å². The van der Waals surface area contributed by atoms with E-state index in [2.05, 4.69) is 208 Å². The Hall–Kier alpha value is -6.64. The van der Waals surface area contributed by atoms with Crippen LogP contribution in [0.1, 0.15) is 48.6 Å². The molecule has 2 aliphatic rings. The molecule has 11 rings (SSSR count). The maximum absolute atomic E-state index is 6.97. The summed E-state index contributed by atoms with van der Waals surface area (Å²) in [5.41, 5.74) is 18.9. The quantitative estimate of drug-likeness (QED) is 0.177. The molecule has 0 radical (unpaired) electrons. The van der Waals surface area contributed by atoms with Gasteiger partial charge in [-0.1, -0.05) is 153 Å². The fourth-order valence-electron chi connectivity index (χ4n) is 9.84. The van der Waals surface area contributed by atoms with Gasteiger partial charge in [-0.3, -0.25) is 0 Å². The van der Waals surface area contributed by atoms with Gasteiger partial charge in [0.05, 0.1) is 5.69 Å². The fourth-order valence-corrected chi connectivity index (χ4v) is 9.84. The highest BCUT2D eigenvalue weighted by Crippen LogP contribution is 2.56. The summed E-state index contributed by atoms with van der Waals surface area (Å²) in [7, 11) is 0. The summed E-state index contributed by atoms with van der Waals surface area (Å²) in [4.78, 5) is 2.35. The second-order valence-corrected chi connectivity index (χ2v) is 15.8. The summed E-state index contributed by atoms with van der Waals surface area (Å²) in [5.74, 6) is 0. The van der Waals surface area contributed by atoms with Gasteiger partial charge in [-0.05, 0) is 111 Å². The topological polar surface area (TPSA) is 16.4 Å². The van der Waals surface area contributed by atoms with Crippen molar-refractivity contribution in [1.82, 2.24) is 0 Å². The van der Waals surface area contributed by atoms with Crippen molar-refractivity contribution >= 4 is 39.0 Å². The maximum Gasteiger partial charge on any atom is 0.159 e. The molecule has 0 bridgehead atoms. The van der Waals surface area contributed by atoms with Crippen LogP contribution >= 0.6 is 0 Å². The van der Waals surface area contributed by atoms with Crippen LogP contribution in [0.2, 0.25) is 0 Å². The van der Waals surface area contributed by atoms with E-state index in [0.717, 1.165) is 39.0 Å². The molecule has 0 amide bonds. The summed E-state index contributed by atoms with van der Waals surface area (Å²) < 4.78 is 6.97. The van der Waals surface area contributed by atoms with Crippen LogP contribution in [-0.4, -0.2) is 0 Å². The van der Waals surface area contributed by atoms with Crippen LogP contribution in [0.3, 0.4) is 0 Å². The van der Waals surface area contributed by atoms with E-state index in [1.807, 2.05) is 0 Å². The minimum atomic E-state index is -0.373. The standard InChI is InChI=1S/C53H39NO/c1-52(2)43-21-11-7-17-38(43)41-30-27-35(33-47(41)52)34-25-28-37(29-26-34)54(36-15-5-4-6-16-36)48-32-31-46(50-42-20-10-14-24-49(42)55-51(48)50)53(3)44-22-12-8-18-39(44)40-19-9-13-23-45(40)53/h4-33H,1-3H3. The predicted molar refractivity (Wildman–Crippen MR) is 229 cm³/mol. The predicted octanol–water partition coefficient (Wildman–Crippen LogP) is 14.4. The molecular weight excluding hydrogens is 667 g/mol. The van der Waals surface area contributed by atoms with Gasteiger partial charge in [-0.15, -0.1) is 0 Å². The molecule has 0 spiro atoms. The Morgan fingerprint density at radius 2 is 0.964 bits per heavy atom. The third-order valence-corrected chi connectivity index (χ3v) is 12.6. The van der Waals surface area contributed by atoms with Crippen molar-refractivity contribution in [3.8, 4) is 33.4 Å². The molecule has 0 atom stereocenters. The highest BCUT2D eigenvalue weighted by molar-refractivity contribution is 6.13. The van der Waals surface area contributed by atoms with Crippen LogP contribution in [0.5, 0.6) is 0 Å². The van der Waals surface area contributed by atoms with Crippen LogP contribution in [0.15, 0.2) is 186 Å². The van der Waals surface area contributed by atoms with Gasteiger partial charge in [0.2, 0.25) is 0 Å². The number of fused-ring (bicyclic) bond motifs is 9. The molecule has 1 aromatic heterocycles. The lowest BCUT2D eigenvalue weighted by Gasteiger charge is -2.31. The van der Waals surface area contributed by atoms with Gasteiger partial charge in [0.15, 0.2) is 5.58 Å². The molecule has 55 heavy (non-hydrogen) atoms. The van der Waals surface area contributed by atoms with Crippen molar-refractivity contribution in [1.29, 1.82) is 0 Å². The molecule has 262 valence electrons. The van der Waals surface area contributed by atoms with Gasteiger partial charge in [-0.2, -0.15) is 0 Å². The zero-order valence-corrected chi connectivity index (χ0v) is 31.2. The highest BCUT2D eigenvalue weighted by atomic mass is 16.3. The first-order valence-corrected chi connectivity index (χ1v) is 19.3. The Morgan fingerprint density at radius 1 is 0.418 bits per heavy atom. The SMILES string of the molecule is CC1(C)c2ccccc2-c2ccc(-c3ccc(N(c4ccccc4)c4ccc(C5(C)c6ccccc6-c6ccccc65)c5c4oc4ccccc45)cc3)cc21. The molecule has 8 aromatic carbocycles. The lowest BCUT2D eigenvalue weighted by molar-refractivity contribution is 0.660. The Labute approximate surface area is 322 Å². The molecule has 0 N–H and O–H groups in total. The first-order valence-electron chi connectivity index (χ1n) is 19.3. The third-order valence-electron chi connectivity index (χ3n) is 12.6. The normalized spacial score (nSPS) is 14.4.